The number of H-pyrrole nitrogens is 1. The number of aromatic amines is 1. The maximum atomic E-state index is 12.9. The number of Topliss-reactive ketones (excluding diaryl/α,β-unsaturated/α-hetero) is 1. The predicted octanol–water partition coefficient (Wildman–Crippen LogP) is 4.77. The van der Waals surface area contributed by atoms with Crippen molar-refractivity contribution in [2.45, 2.75) is 32.8 Å². The van der Waals surface area contributed by atoms with Gasteiger partial charge in [0.05, 0.1) is 11.9 Å². The molecule has 29 heavy (non-hydrogen) atoms. The van der Waals surface area contributed by atoms with Crippen LogP contribution in [0.5, 0.6) is 0 Å². The van der Waals surface area contributed by atoms with Gasteiger partial charge in [-0.05, 0) is 32.0 Å². The third-order valence-corrected chi connectivity index (χ3v) is 5.06. The first-order valence-corrected chi connectivity index (χ1v) is 9.68. The number of aromatic nitrogens is 2. The van der Waals surface area contributed by atoms with E-state index in [2.05, 4.69) is 9.97 Å². The van der Waals surface area contributed by atoms with Gasteiger partial charge in [0, 0.05) is 39.7 Å². The number of hydrogen-bond acceptors (Lipinski definition) is 4. The molecule has 4 aromatic rings. The lowest BCUT2D eigenvalue weighted by molar-refractivity contribution is -0.146. The second-order valence-electron chi connectivity index (χ2n) is 7.16. The molecule has 0 amide bonds. The zero-order chi connectivity index (χ0) is 20.4. The average molecular weight is 386 g/mol. The van der Waals surface area contributed by atoms with Crippen LogP contribution >= 0.6 is 0 Å². The maximum Gasteiger partial charge on any atom is 0.306 e. The number of carbonyl (C=O) groups is 2. The number of benzene rings is 2. The Labute approximate surface area is 168 Å². The van der Waals surface area contributed by atoms with Crippen molar-refractivity contribution in [1.82, 2.24) is 9.97 Å². The van der Waals surface area contributed by atoms with Crippen LogP contribution in [0.15, 0.2) is 60.7 Å². The molecule has 0 aliphatic carbocycles. The Hall–Kier alpha value is -3.47. The molecule has 1 N–H and O–H groups in total. The van der Waals surface area contributed by atoms with E-state index in [4.69, 9.17) is 4.74 Å². The molecule has 2 heterocycles. The first-order valence-electron chi connectivity index (χ1n) is 9.68. The molecule has 0 saturated carbocycles. The highest BCUT2D eigenvalue weighted by Gasteiger charge is 2.24. The molecule has 0 bridgehead atoms. The highest BCUT2D eigenvalue weighted by Crippen LogP contribution is 2.24. The van der Waals surface area contributed by atoms with Gasteiger partial charge in [-0.15, -0.1) is 0 Å². The fourth-order valence-corrected chi connectivity index (χ4v) is 3.58. The van der Waals surface area contributed by atoms with E-state index in [1.54, 1.807) is 6.92 Å². The minimum Gasteiger partial charge on any atom is -0.454 e. The number of ketones is 1. The molecule has 5 heteroatoms. The number of pyridine rings is 1. The van der Waals surface area contributed by atoms with Gasteiger partial charge < -0.3 is 9.72 Å². The number of nitrogens with zero attached hydrogens (tertiary/aromatic N) is 1. The largest absolute Gasteiger partial charge is 0.454 e. The van der Waals surface area contributed by atoms with Gasteiger partial charge in [-0.1, -0.05) is 42.5 Å². The second-order valence-corrected chi connectivity index (χ2v) is 7.16. The Balaban J connectivity index is 1.40. The summed E-state index contributed by atoms with van der Waals surface area (Å²) in [5, 5.41) is 1.91. The van der Waals surface area contributed by atoms with Crippen molar-refractivity contribution in [3.8, 4) is 0 Å². The topological polar surface area (TPSA) is 72.1 Å². The van der Waals surface area contributed by atoms with Crippen molar-refractivity contribution in [1.29, 1.82) is 0 Å². The van der Waals surface area contributed by atoms with Crippen LogP contribution in [0.1, 0.15) is 35.1 Å². The minimum atomic E-state index is -0.843. The van der Waals surface area contributed by atoms with Gasteiger partial charge in [-0.3, -0.25) is 14.6 Å². The van der Waals surface area contributed by atoms with Gasteiger partial charge in [0.25, 0.3) is 0 Å². The van der Waals surface area contributed by atoms with E-state index >= 15 is 0 Å². The van der Waals surface area contributed by atoms with Crippen LogP contribution in [0.25, 0.3) is 21.8 Å². The van der Waals surface area contributed by atoms with E-state index in [1.807, 2.05) is 67.6 Å². The SMILES string of the molecule is Cc1[nH]c2ccccc2c1C(=O)[C@@H](C)OC(=O)CCc1ccc2ccccc2n1. The monoisotopic (exact) mass is 386 g/mol. The number of fused-ring (bicyclic) bond motifs is 2. The molecule has 0 aliphatic rings. The summed E-state index contributed by atoms with van der Waals surface area (Å²) < 4.78 is 5.42. The number of hydrogen-bond donors (Lipinski definition) is 1. The van der Waals surface area contributed by atoms with Gasteiger partial charge >= 0.3 is 5.97 Å². The number of nitrogens with one attached hydrogen (secondary N) is 1. The maximum absolute atomic E-state index is 12.9. The minimum absolute atomic E-state index is 0.176. The van der Waals surface area contributed by atoms with Crippen LogP contribution in [-0.2, 0) is 16.0 Å². The molecule has 1 atom stereocenters. The van der Waals surface area contributed by atoms with E-state index < -0.39 is 12.1 Å². The van der Waals surface area contributed by atoms with Crippen molar-refractivity contribution < 1.29 is 14.3 Å². The van der Waals surface area contributed by atoms with Gasteiger partial charge in [0.15, 0.2) is 6.10 Å². The molecule has 0 spiro atoms. The Morgan fingerprint density at radius 3 is 2.66 bits per heavy atom. The third kappa shape index (κ3) is 3.90. The number of esters is 1. The van der Waals surface area contributed by atoms with Crippen LogP contribution in [0, 0.1) is 6.92 Å². The normalized spacial score (nSPS) is 12.2. The van der Waals surface area contributed by atoms with Crippen LogP contribution < -0.4 is 0 Å². The van der Waals surface area contributed by atoms with E-state index in [0.29, 0.717) is 12.0 Å². The zero-order valence-electron chi connectivity index (χ0n) is 16.4. The molecule has 4 rings (SSSR count). The molecule has 0 aliphatic heterocycles. The summed E-state index contributed by atoms with van der Waals surface area (Å²) in [6.07, 6.45) is -0.197. The smallest absolute Gasteiger partial charge is 0.306 e. The summed E-state index contributed by atoms with van der Waals surface area (Å²) in [7, 11) is 0. The Morgan fingerprint density at radius 2 is 1.79 bits per heavy atom. The summed E-state index contributed by atoms with van der Waals surface area (Å²) in [5.41, 5.74) is 3.98. The molecule has 0 radical (unpaired) electrons. The lowest BCUT2D eigenvalue weighted by atomic mass is 10.0. The van der Waals surface area contributed by atoms with Crippen LogP contribution in [0.4, 0.5) is 0 Å². The van der Waals surface area contributed by atoms with Crippen LogP contribution in [0.3, 0.4) is 0 Å². The summed E-state index contributed by atoms with van der Waals surface area (Å²) in [4.78, 5) is 33.0. The number of ether oxygens (including phenoxy) is 1. The van der Waals surface area contributed by atoms with Gasteiger partial charge in [-0.2, -0.15) is 0 Å². The molecule has 2 aromatic heterocycles. The number of rotatable bonds is 6. The van der Waals surface area contributed by atoms with Crippen molar-refractivity contribution in [2.24, 2.45) is 0 Å². The number of aryl methyl sites for hydroxylation is 2. The molecular weight excluding hydrogens is 364 g/mol. The summed E-state index contributed by atoms with van der Waals surface area (Å²) in [6.45, 7) is 3.48. The molecule has 2 aromatic carbocycles. The Kier molecular flexibility index (Phi) is 5.12. The van der Waals surface area contributed by atoms with Gasteiger partial charge in [-0.25, -0.2) is 0 Å². The Morgan fingerprint density at radius 1 is 1.03 bits per heavy atom. The van der Waals surface area contributed by atoms with Crippen LogP contribution in [0.2, 0.25) is 0 Å². The Bertz CT molecular complexity index is 1210. The third-order valence-electron chi connectivity index (χ3n) is 5.06. The molecule has 146 valence electrons. The van der Waals surface area contributed by atoms with Crippen molar-refractivity contribution in [3.05, 3.63) is 77.6 Å². The quantitative estimate of drug-likeness (QED) is 0.383. The van der Waals surface area contributed by atoms with Crippen molar-refractivity contribution in [3.63, 3.8) is 0 Å². The molecule has 5 nitrogen and oxygen atoms in total. The van der Waals surface area contributed by atoms with Crippen LogP contribution in [-0.4, -0.2) is 27.8 Å². The van der Waals surface area contributed by atoms with Crippen molar-refractivity contribution >= 4 is 33.6 Å². The highest BCUT2D eigenvalue weighted by molar-refractivity contribution is 6.11. The number of para-hydroxylation sites is 2. The van der Waals surface area contributed by atoms with E-state index in [0.717, 1.165) is 33.2 Å². The fourth-order valence-electron chi connectivity index (χ4n) is 3.58. The summed E-state index contributed by atoms with van der Waals surface area (Å²) in [5.74, 6) is -0.601. The van der Waals surface area contributed by atoms with Gasteiger partial charge in [0.2, 0.25) is 5.78 Å². The average Bonchev–Trinajstić information content (AvgIpc) is 3.07. The van der Waals surface area contributed by atoms with E-state index in [9.17, 15) is 9.59 Å². The summed E-state index contributed by atoms with van der Waals surface area (Å²) in [6, 6.07) is 19.4. The predicted molar refractivity (Wildman–Crippen MR) is 113 cm³/mol. The first kappa shape index (κ1) is 18.9. The summed E-state index contributed by atoms with van der Waals surface area (Å²) >= 11 is 0. The molecule has 0 unspecified atom stereocenters. The van der Waals surface area contributed by atoms with E-state index in [-0.39, 0.29) is 12.2 Å². The van der Waals surface area contributed by atoms with E-state index in [1.165, 1.54) is 0 Å². The fraction of sp³-hybridized carbons (Fsp3) is 0.208. The second kappa shape index (κ2) is 7.87. The number of carbonyl (C=O) groups excluding carboxylic acids is 2. The van der Waals surface area contributed by atoms with Gasteiger partial charge in [0.1, 0.15) is 0 Å². The zero-order valence-corrected chi connectivity index (χ0v) is 16.4. The lowest BCUT2D eigenvalue weighted by Crippen LogP contribution is -2.25. The molecule has 0 fully saturated rings. The standard InChI is InChI=1S/C24H22N2O3/c1-15-23(19-8-4-6-10-21(19)25-15)24(28)16(2)29-22(27)14-13-18-12-11-17-7-3-5-9-20(17)26-18/h3-12,16,25H,13-14H2,1-2H3/t16-/m1/s1. The highest BCUT2D eigenvalue weighted by atomic mass is 16.5. The molecule has 0 saturated heterocycles. The molecular formula is C24H22N2O3. The first-order chi connectivity index (χ1) is 14.0. The lowest BCUT2D eigenvalue weighted by Gasteiger charge is -2.12. The van der Waals surface area contributed by atoms with Crippen molar-refractivity contribution in [2.75, 3.05) is 0 Å².